The Hall–Kier alpha value is -2.22. The molecule has 0 spiro atoms. The van der Waals surface area contributed by atoms with Gasteiger partial charge in [0.2, 0.25) is 5.91 Å². The average molecular weight is 236 g/mol. The quantitative estimate of drug-likeness (QED) is 0.872. The predicted octanol–water partition coefficient (Wildman–Crippen LogP) is 1.99. The molecule has 0 atom stereocenters. The number of carbonyl (C=O) groups excluding carboxylic acids is 1. The number of hydrogen-bond donors (Lipinski definition) is 1. The van der Waals surface area contributed by atoms with Crippen molar-refractivity contribution < 1.29 is 13.6 Å². The van der Waals surface area contributed by atoms with Gasteiger partial charge in [0.1, 0.15) is 0 Å². The smallest absolute Gasteiger partial charge is 0.217 e. The molecule has 1 amide bonds. The molecule has 0 saturated carbocycles. The van der Waals surface area contributed by atoms with Crippen LogP contribution < -0.4 is 5.32 Å². The molecule has 1 N–H and O–H groups in total. The van der Waals surface area contributed by atoms with Gasteiger partial charge in [-0.1, -0.05) is 12.2 Å². The molecule has 5 heteroatoms. The number of hydrogen-bond acceptors (Lipinski definition) is 2. The van der Waals surface area contributed by atoms with Gasteiger partial charge in [-0.25, -0.2) is 8.78 Å². The Balaban J connectivity index is 2.87. The summed E-state index contributed by atoms with van der Waals surface area (Å²) in [7, 11) is 0. The van der Waals surface area contributed by atoms with E-state index in [1.807, 2.05) is 0 Å². The van der Waals surface area contributed by atoms with Crippen molar-refractivity contribution in [3.8, 4) is 6.07 Å². The monoisotopic (exact) mass is 236 g/mol. The van der Waals surface area contributed by atoms with Crippen LogP contribution in [0, 0.1) is 23.0 Å². The normalized spacial score (nSPS) is 10.2. The Morgan fingerprint density at radius 3 is 2.71 bits per heavy atom. The van der Waals surface area contributed by atoms with Crippen molar-refractivity contribution in [2.75, 3.05) is 6.54 Å². The first-order valence-corrected chi connectivity index (χ1v) is 4.84. The molecule has 0 aromatic heterocycles. The topological polar surface area (TPSA) is 52.9 Å². The van der Waals surface area contributed by atoms with E-state index in [1.165, 1.54) is 13.0 Å². The van der Waals surface area contributed by atoms with Crippen molar-refractivity contribution in [3.63, 3.8) is 0 Å². The molecule has 0 aliphatic rings. The third-order valence-corrected chi connectivity index (χ3v) is 1.98. The second-order valence-electron chi connectivity index (χ2n) is 3.30. The Morgan fingerprint density at radius 1 is 1.47 bits per heavy atom. The summed E-state index contributed by atoms with van der Waals surface area (Å²) in [5.74, 6) is -2.26. The van der Waals surface area contributed by atoms with E-state index >= 15 is 0 Å². The molecular formula is C12H10F2N2O. The zero-order valence-corrected chi connectivity index (χ0v) is 9.13. The highest BCUT2D eigenvalue weighted by Gasteiger charge is 2.07. The van der Waals surface area contributed by atoms with Crippen molar-refractivity contribution in [2.24, 2.45) is 0 Å². The summed E-state index contributed by atoms with van der Waals surface area (Å²) in [6, 6.07) is 3.55. The number of rotatable bonds is 3. The number of nitrogens with zero attached hydrogens (tertiary/aromatic N) is 1. The van der Waals surface area contributed by atoms with Gasteiger partial charge in [-0.3, -0.25) is 4.79 Å². The lowest BCUT2D eigenvalue weighted by atomic mass is 10.1. The first kappa shape index (κ1) is 12.8. The summed E-state index contributed by atoms with van der Waals surface area (Å²) in [5, 5.41) is 11.2. The van der Waals surface area contributed by atoms with E-state index in [4.69, 9.17) is 5.26 Å². The lowest BCUT2D eigenvalue weighted by Gasteiger charge is -2.00. The Labute approximate surface area is 97.4 Å². The van der Waals surface area contributed by atoms with Crippen LogP contribution in [0.2, 0.25) is 0 Å². The molecule has 0 bridgehead atoms. The number of halogens is 2. The van der Waals surface area contributed by atoms with Crippen molar-refractivity contribution in [2.45, 2.75) is 6.92 Å². The molecule has 0 aliphatic carbocycles. The number of benzene rings is 1. The van der Waals surface area contributed by atoms with E-state index in [1.54, 1.807) is 12.1 Å². The standard InChI is InChI=1S/C12H10F2N2O/c1-8(17)16-4-2-3-9-5-11(13)12(14)6-10(9)7-15/h2-3,5-6H,4H2,1H3,(H,16,17). The summed E-state index contributed by atoms with van der Waals surface area (Å²) < 4.78 is 25.8. The fourth-order valence-electron chi connectivity index (χ4n) is 1.19. The molecule has 0 radical (unpaired) electrons. The van der Waals surface area contributed by atoms with E-state index < -0.39 is 11.6 Å². The molecule has 3 nitrogen and oxygen atoms in total. The summed E-state index contributed by atoms with van der Waals surface area (Å²) >= 11 is 0. The molecule has 0 saturated heterocycles. The number of nitrogens with one attached hydrogen (secondary N) is 1. The van der Waals surface area contributed by atoms with Crippen molar-refractivity contribution >= 4 is 12.0 Å². The minimum absolute atomic E-state index is 0.0444. The minimum Gasteiger partial charge on any atom is -0.353 e. The highest BCUT2D eigenvalue weighted by Crippen LogP contribution is 2.15. The highest BCUT2D eigenvalue weighted by molar-refractivity contribution is 5.73. The van der Waals surface area contributed by atoms with Crippen LogP contribution in [0.4, 0.5) is 8.78 Å². The van der Waals surface area contributed by atoms with Gasteiger partial charge in [-0.2, -0.15) is 5.26 Å². The summed E-state index contributed by atoms with van der Waals surface area (Å²) in [6.07, 6.45) is 3.01. The van der Waals surface area contributed by atoms with Crippen LogP contribution in [0.25, 0.3) is 6.08 Å². The largest absolute Gasteiger partial charge is 0.353 e. The third-order valence-electron chi connectivity index (χ3n) is 1.98. The lowest BCUT2D eigenvalue weighted by molar-refractivity contribution is -0.118. The fourth-order valence-corrected chi connectivity index (χ4v) is 1.19. The summed E-state index contributed by atoms with van der Waals surface area (Å²) in [4.78, 5) is 10.6. The number of nitriles is 1. The van der Waals surface area contributed by atoms with Crippen LogP contribution in [0.5, 0.6) is 0 Å². The van der Waals surface area contributed by atoms with Crippen LogP contribution in [0.15, 0.2) is 18.2 Å². The van der Waals surface area contributed by atoms with Gasteiger partial charge < -0.3 is 5.32 Å². The van der Waals surface area contributed by atoms with Crippen LogP contribution in [-0.2, 0) is 4.79 Å². The second kappa shape index (κ2) is 5.75. The second-order valence-corrected chi connectivity index (χ2v) is 3.30. The van der Waals surface area contributed by atoms with Gasteiger partial charge in [0.25, 0.3) is 0 Å². The van der Waals surface area contributed by atoms with Gasteiger partial charge in [0.05, 0.1) is 11.6 Å². The SMILES string of the molecule is CC(=O)NCC=Cc1cc(F)c(F)cc1C#N. The van der Waals surface area contributed by atoms with Crippen molar-refractivity contribution in [1.29, 1.82) is 5.26 Å². The maximum atomic E-state index is 12.9. The molecule has 1 rings (SSSR count). The molecule has 1 aromatic carbocycles. The molecule has 0 fully saturated rings. The van der Waals surface area contributed by atoms with E-state index in [-0.39, 0.29) is 23.6 Å². The molecule has 0 aliphatic heterocycles. The fraction of sp³-hybridized carbons (Fsp3) is 0.167. The van der Waals surface area contributed by atoms with E-state index in [0.717, 1.165) is 12.1 Å². The van der Waals surface area contributed by atoms with E-state index in [9.17, 15) is 13.6 Å². The van der Waals surface area contributed by atoms with Crippen molar-refractivity contribution in [1.82, 2.24) is 5.32 Å². The van der Waals surface area contributed by atoms with Gasteiger partial charge in [0.15, 0.2) is 11.6 Å². The average Bonchev–Trinajstić information content (AvgIpc) is 2.28. The van der Waals surface area contributed by atoms with Crippen molar-refractivity contribution in [3.05, 3.63) is 41.0 Å². The zero-order valence-electron chi connectivity index (χ0n) is 9.13. The Bertz CT molecular complexity index is 504. The van der Waals surface area contributed by atoms with E-state index in [2.05, 4.69) is 5.32 Å². The molecular weight excluding hydrogens is 226 g/mol. The maximum Gasteiger partial charge on any atom is 0.217 e. The predicted molar refractivity (Wildman–Crippen MR) is 58.8 cm³/mol. The van der Waals surface area contributed by atoms with Gasteiger partial charge in [-0.05, 0) is 17.7 Å². The Kier molecular flexibility index (Phi) is 4.35. The van der Waals surface area contributed by atoms with E-state index in [0.29, 0.717) is 0 Å². The summed E-state index contributed by atoms with van der Waals surface area (Å²) in [5.41, 5.74) is 0.319. The van der Waals surface area contributed by atoms with Crippen LogP contribution in [-0.4, -0.2) is 12.5 Å². The van der Waals surface area contributed by atoms with Gasteiger partial charge in [-0.15, -0.1) is 0 Å². The lowest BCUT2D eigenvalue weighted by Crippen LogP contribution is -2.19. The van der Waals surface area contributed by atoms with Gasteiger partial charge >= 0.3 is 0 Å². The minimum atomic E-state index is -1.06. The highest BCUT2D eigenvalue weighted by atomic mass is 19.2. The first-order chi connectivity index (χ1) is 8.04. The first-order valence-electron chi connectivity index (χ1n) is 4.84. The number of amides is 1. The van der Waals surface area contributed by atoms with Crippen LogP contribution in [0.3, 0.4) is 0 Å². The molecule has 1 aromatic rings. The molecule has 0 heterocycles. The number of carbonyl (C=O) groups is 1. The van der Waals surface area contributed by atoms with Crippen LogP contribution >= 0.6 is 0 Å². The maximum absolute atomic E-state index is 12.9. The van der Waals surface area contributed by atoms with Gasteiger partial charge in [0, 0.05) is 13.5 Å². The molecule has 88 valence electrons. The molecule has 0 unspecified atom stereocenters. The molecule has 17 heavy (non-hydrogen) atoms. The van der Waals surface area contributed by atoms with Crippen LogP contribution in [0.1, 0.15) is 18.1 Å². The Morgan fingerprint density at radius 2 is 2.12 bits per heavy atom. The summed E-state index contributed by atoms with van der Waals surface area (Å²) in [6.45, 7) is 1.63. The third kappa shape index (κ3) is 3.68. The zero-order chi connectivity index (χ0) is 12.8.